The third-order valence-corrected chi connectivity index (χ3v) is 2.29. The van der Waals surface area contributed by atoms with Gasteiger partial charge in [0.05, 0.1) is 6.61 Å². The van der Waals surface area contributed by atoms with Crippen molar-refractivity contribution in [2.75, 3.05) is 6.79 Å². The monoisotopic (exact) mass is 211 g/mol. The molecule has 4 heteroatoms. The lowest BCUT2D eigenvalue weighted by molar-refractivity contribution is -0.0173. The van der Waals surface area contributed by atoms with Crippen LogP contribution in [0.4, 0.5) is 4.39 Å². The zero-order chi connectivity index (χ0) is 10.8. The molecule has 1 unspecified atom stereocenters. The Morgan fingerprint density at radius 1 is 1.53 bits per heavy atom. The predicted molar refractivity (Wildman–Crippen MR) is 54.0 cm³/mol. The van der Waals surface area contributed by atoms with Gasteiger partial charge in [-0.15, -0.1) is 0 Å². The fraction of sp³-hybridized carbons (Fsp3) is 0.455. The first-order valence-electron chi connectivity index (χ1n) is 4.94. The summed E-state index contributed by atoms with van der Waals surface area (Å²) in [4.78, 5) is 0. The molecule has 2 N–H and O–H groups in total. The van der Waals surface area contributed by atoms with E-state index in [4.69, 9.17) is 15.2 Å². The van der Waals surface area contributed by atoms with Crippen LogP contribution in [-0.2, 0) is 17.8 Å². The molecule has 15 heavy (non-hydrogen) atoms. The smallest absolute Gasteiger partial charge is 0.189 e. The molecule has 1 aliphatic rings. The van der Waals surface area contributed by atoms with Gasteiger partial charge in [0.1, 0.15) is 11.6 Å². The minimum Gasteiger partial charge on any atom is -0.467 e. The van der Waals surface area contributed by atoms with Crippen molar-refractivity contribution >= 4 is 0 Å². The fourth-order valence-corrected chi connectivity index (χ4v) is 1.76. The highest BCUT2D eigenvalue weighted by Crippen LogP contribution is 2.29. The Morgan fingerprint density at radius 3 is 3.07 bits per heavy atom. The average molecular weight is 211 g/mol. The lowest BCUT2D eigenvalue weighted by atomic mass is 10.0. The van der Waals surface area contributed by atoms with Gasteiger partial charge in [-0.1, -0.05) is 0 Å². The van der Waals surface area contributed by atoms with E-state index in [-0.39, 0.29) is 18.7 Å². The lowest BCUT2D eigenvalue weighted by Gasteiger charge is -2.21. The van der Waals surface area contributed by atoms with Gasteiger partial charge in [-0.2, -0.15) is 0 Å². The van der Waals surface area contributed by atoms with E-state index in [1.54, 1.807) is 0 Å². The molecule has 1 aliphatic heterocycles. The molecule has 0 aromatic heterocycles. The molecule has 1 aromatic rings. The van der Waals surface area contributed by atoms with Crippen LogP contribution >= 0.6 is 0 Å². The summed E-state index contributed by atoms with van der Waals surface area (Å²) >= 11 is 0. The number of benzene rings is 1. The molecule has 1 atom stereocenters. The van der Waals surface area contributed by atoms with E-state index in [1.165, 1.54) is 12.1 Å². The maximum Gasteiger partial charge on any atom is 0.189 e. The second-order valence-corrected chi connectivity index (χ2v) is 3.85. The molecule has 0 amide bonds. The SMILES string of the molecule is CC(N)Cc1cc(F)cc2c1OCOC2. The van der Waals surface area contributed by atoms with Gasteiger partial charge in [-0.3, -0.25) is 0 Å². The van der Waals surface area contributed by atoms with Gasteiger partial charge in [0.25, 0.3) is 0 Å². The Kier molecular flexibility index (Phi) is 2.88. The summed E-state index contributed by atoms with van der Waals surface area (Å²) in [7, 11) is 0. The number of rotatable bonds is 2. The number of ether oxygens (including phenoxy) is 2. The summed E-state index contributed by atoms with van der Waals surface area (Å²) in [5.74, 6) is 0.471. The number of hydrogen-bond donors (Lipinski definition) is 1. The Balaban J connectivity index is 2.38. The van der Waals surface area contributed by atoms with Crippen LogP contribution in [0.15, 0.2) is 12.1 Å². The van der Waals surface area contributed by atoms with Crippen LogP contribution in [0.3, 0.4) is 0 Å². The fourth-order valence-electron chi connectivity index (χ4n) is 1.76. The molecule has 82 valence electrons. The van der Waals surface area contributed by atoms with Crippen molar-refractivity contribution in [3.05, 3.63) is 29.1 Å². The van der Waals surface area contributed by atoms with E-state index < -0.39 is 0 Å². The predicted octanol–water partition coefficient (Wildman–Crippen LogP) is 1.58. The first-order valence-corrected chi connectivity index (χ1v) is 4.94. The molecule has 1 heterocycles. The van der Waals surface area contributed by atoms with Crippen LogP contribution in [-0.4, -0.2) is 12.8 Å². The molecule has 0 saturated heterocycles. The van der Waals surface area contributed by atoms with Gasteiger partial charge in [-0.05, 0) is 31.0 Å². The second kappa shape index (κ2) is 4.16. The number of halogens is 1. The minimum atomic E-state index is -0.265. The second-order valence-electron chi connectivity index (χ2n) is 3.85. The summed E-state index contributed by atoms with van der Waals surface area (Å²) in [5.41, 5.74) is 7.28. The Bertz CT molecular complexity index is 366. The molecule has 0 saturated carbocycles. The first kappa shape index (κ1) is 10.4. The first-order chi connectivity index (χ1) is 7.16. The number of nitrogens with two attached hydrogens (primary N) is 1. The van der Waals surface area contributed by atoms with E-state index in [0.29, 0.717) is 13.0 Å². The molecule has 0 aliphatic carbocycles. The zero-order valence-corrected chi connectivity index (χ0v) is 8.63. The Labute approximate surface area is 88.0 Å². The molecule has 3 nitrogen and oxygen atoms in total. The lowest BCUT2D eigenvalue weighted by Crippen LogP contribution is -2.20. The molecule has 0 bridgehead atoms. The Morgan fingerprint density at radius 2 is 2.33 bits per heavy atom. The van der Waals surface area contributed by atoms with Crippen molar-refractivity contribution in [2.24, 2.45) is 5.73 Å². The van der Waals surface area contributed by atoms with E-state index in [9.17, 15) is 4.39 Å². The highest BCUT2D eigenvalue weighted by atomic mass is 19.1. The van der Waals surface area contributed by atoms with E-state index in [0.717, 1.165) is 16.9 Å². The summed E-state index contributed by atoms with van der Waals surface area (Å²) in [5, 5.41) is 0. The van der Waals surface area contributed by atoms with E-state index in [1.807, 2.05) is 6.92 Å². The third kappa shape index (κ3) is 2.27. The van der Waals surface area contributed by atoms with Gasteiger partial charge < -0.3 is 15.2 Å². The van der Waals surface area contributed by atoms with Crippen molar-refractivity contribution in [1.29, 1.82) is 0 Å². The molecule has 2 rings (SSSR count). The minimum absolute atomic E-state index is 0.0117. The highest BCUT2D eigenvalue weighted by molar-refractivity contribution is 5.42. The van der Waals surface area contributed by atoms with Crippen molar-refractivity contribution in [1.82, 2.24) is 0 Å². The molecule has 0 fully saturated rings. The Hall–Kier alpha value is -1.13. The molecule has 0 spiro atoms. The van der Waals surface area contributed by atoms with Gasteiger partial charge in [0.15, 0.2) is 6.79 Å². The number of hydrogen-bond acceptors (Lipinski definition) is 3. The van der Waals surface area contributed by atoms with Gasteiger partial charge >= 0.3 is 0 Å². The van der Waals surface area contributed by atoms with Crippen LogP contribution in [0.25, 0.3) is 0 Å². The summed E-state index contributed by atoms with van der Waals surface area (Å²) < 4.78 is 23.7. The topological polar surface area (TPSA) is 44.5 Å². The zero-order valence-electron chi connectivity index (χ0n) is 8.63. The maximum absolute atomic E-state index is 13.3. The van der Waals surface area contributed by atoms with Crippen molar-refractivity contribution in [2.45, 2.75) is 26.0 Å². The standard InChI is InChI=1S/C11H14FNO2/c1-7(13)2-8-3-10(12)4-9-5-14-6-15-11(8)9/h3-4,7H,2,5-6,13H2,1H3. The van der Waals surface area contributed by atoms with Crippen LogP contribution < -0.4 is 10.5 Å². The average Bonchev–Trinajstić information content (AvgIpc) is 2.16. The summed E-state index contributed by atoms with van der Waals surface area (Å²) in [6.45, 7) is 2.51. The van der Waals surface area contributed by atoms with Gasteiger partial charge in [0.2, 0.25) is 0 Å². The normalized spacial score (nSPS) is 16.7. The summed E-state index contributed by atoms with van der Waals surface area (Å²) in [6.07, 6.45) is 0.611. The number of fused-ring (bicyclic) bond motifs is 1. The van der Waals surface area contributed by atoms with Gasteiger partial charge in [-0.25, -0.2) is 4.39 Å². The van der Waals surface area contributed by atoms with E-state index >= 15 is 0 Å². The molecular formula is C11H14FNO2. The van der Waals surface area contributed by atoms with E-state index in [2.05, 4.69) is 0 Å². The third-order valence-electron chi connectivity index (χ3n) is 2.29. The van der Waals surface area contributed by atoms with Crippen LogP contribution in [0, 0.1) is 5.82 Å². The van der Waals surface area contributed by atoms with Crippen LogP contribution in [0.2, 0.25) is 0 Å². The van der Waals surface area contributed by atoms with Crippen LogP contribution in [0.5, 0.6) is 5.75 Å². The van der Waals surface area contributed by atoms with Gasteiger partial charge in [0, 0.05) is 11.6 Å². The maximum atomic E-state index is 13.3. The van der Waals surface area contributed by atoms with Crippen molar-refractivity contribution in [3.63, 3.8) is 0 Å². The van der Waals surface area contributed by atoms with Crippen molar-refractivity contribution < 1.29 is 13.9 Å². The molecular weight excluding hydrogens is 197 g/mol. The van der Waals surface area contributed by atoms with Crippen LogP contribution in [0.1, 0.15) is 18.1 Å². The summed E-state index contributed by atoms with van der Waals surface area (Å²) in [6, 6.07) is 2.91. The molecule has 0 radical (unpaired) electrons. The largest absolute Gasteiger partial charge is 0.467 e. The molecule has 1 aromatic carbocycles. The highest BCUT2D eigenvalue weighted by Gasteiger charge is 2.17. The van der Waals surface area contributed by atoms with Crippen molar-refractivity contribution in [3.8, 4) is 5.75 Å². The quantitative estimate of drug-likeness (QED) is 0.807.